The van der Waals surface area contributed by atoms with E-state index in [0.717, 1.165) is 5.56 Å². The lowest BCUT2D eigenvalue weighted by molar-refractivity contribution is 0.100. The molecule has 0 aromatic heterocycles. The lowest BCUT2D eigenvalue weighted by Crippen LogP contribution is -2.12. The summed E-state index contributed by atoms with van der Waals surface area (Å²) >= 11 is 5.87. The quantitative estimate of drug-likeness (QED) is 0.891. The Balaban J connectivity index is 2.11. The Morgan fingerprint density at radius 3 is 2.71 bits per heavy atom. The number of hydrogen-bond acceptors (Lipinski definition) is 3. The minimum atomic E-state index is -0.598. The van der Waals surface area contributed by atoms with Gasteiger partial charge in [-0.3, -0.25) is 4.79 Å². The van der Waals surface area contributed by atoms with Crippen molar-refractivity contribution >= 4 is 23.2 Å². The molecule has 1 amide bonds. The van der Waals surface area contributed by atoms with Crippen molar-refractivity contribution in [3.8, 4) is 5.75 Å². The molecule has 2 aromatic rings. The second-order valence-corrected chi connectivity index (χ2v) is 4.79. The van der Waals surface area contributed by atoms with Gasteiger partial charge in [0.2, 0.25) is 5.91 Å². The summed E-state index contributed by atoms with van der Waals surface area (Å²) in [6.45, 7) is 0.390. The van der Waals surface area contributed by atoms with Crippen molar-refractivity contribution in [2.45, 2.75) is 6.54 Å². The van der Waals surface area contributed by atoms with E-state index in [9.17, 15) is 9.18 Å². The van der Waals surface area contributed by atoms with Gasteiger partial charge in [0.15, 0.2) is 11.6 Å². The smallest absolute Gasteiger partial charge is 0.250 e. The van der Waals surface area contributed by atoms with Crippen molar-refractivity contribution < 1.29 is 13.9 Å². The molecule has 0 bridgehead atoms. The number of benzene rings is 2. The van der Waals surface area contributed by atoms with E-state index in [-0.39, 0.29) is 11.3 Å². The molecule has 2 rings (SSSR count). The number of anilines is 1. The van der Waals surface area contributed by atoms with Gasteiger partial charge in [-0.25, -0.2) is 4.39 Å². The average molecular weight is 309 g/mol. The van der Waals surface area contributed by atoms with Crippen LogP contribution in [-0.2, 0) is 6.54 Å². The standard InChI is InChI=1S/C15H14ClFN2O2/c1-21-14-5-2-9(6-13(14)17)8-19-10-3-4-12(16)11(7-10)15(18)20/h2-7,19H,8H2,1H3,(H2,18,20). The molecular formula is C15H14ClFN2O2. The number of rotatable bonds is 5. The van der Waals surface area contributed by atoms with Crippen LogP contribution in [0.3, 0.4) is 0 Å². The van der Waals surface area contributed by atoms with Crippen LogP contribution in [0.1, 0.15) is 15.9 Å². The predicted molar refractivity (Wildman–Crippen MR) is 80.2 cm³/mol. The fourth-order valence-electron chi connectivity index (χ4n) is 1.85. The Kier molecular flexibility index (Phi) is 4.65. The number of amides is 1. The number of primary amides is 1. The van der Waals surface area contributed by atoms with E-state index in [1.54, 1.807) is 30.3 Å². The Bertz CT molecular complexity index is 677. The van der Waals surface area contributed by atoms with Crippen molar-refractivity contribution in [2.24, 2.45) is 5.73 Å². The summed E-state index contributed by atoms with van der Waals surface area (Å²) in [6, 6.07) is 9.55. The van der Waals surface area contributed by atoms with Crippen LogP contribution in [0.15, 0.2) is 36.4 Å². The highest BCUT2D eigenvalue weighted by molar-refractivity contribution is 6.33. The van der Waals surface area contributed by atoms with Gasteiger partial charge in [0.1, 0.15) is 0 Å². The first-order chi connectivity index (χ1) is 10.0. The number of ether oxygens (including phenoxy) is 1. The molecule has 0 saturated heterocycles. The maximum Gasteiger partial charge on any atom is 0.250 e. The fraction of sp³-hybridized carbons (Fsp3) is 0.133. The van der Waals surface area contributed by atoms with Crippen LogP contribution in [0.5, 0.6) is 5.75 Å². The topological polar surface area (TPSA) is 64.3 Å². The number of halogens is 2. The average Bonchev–Trinajstić information content (AvgIpc) is 2.46. The monoisotopic (exact) mass is 308 g/mol. The third kappa shape index (κ3) is 3.64. The molecule has 0 unspecified atom stereocenters. The summed E-state index contributed by atoms with van der Waals surface area (Å²) in [5, 5.41) is 3.37. The minimum Gasteiger partial charge on any atom is -0.494 e. The second kappa shape index (κ2) is 6.45. The lowest BCUT2D eigenvalue weighted by Gasteiger charge is -2.09. The van der Waals surface area contributed by atoms with Crippen molar-refractivity contribution in [1.29, 1.82) is 0 Å². The number of methoxy groups -OCH3 is 1. The van der Waals surface area contributed by atoms with Gasteiger partial charge < -0.3 is 15.8 Å². The number of hydrogen-bond donors (Lipinski definition) is 2. The van der Waals surface area contributed by atoms with Gasteiger partial charge in [0.25, 0.3) is 0 Å². The lowest BCUT2D eigenvalue weighted by atomic mass is 10.1. The van der Waals surface area contributed by atoms with Crippen molar-refractivity contribution in [1.82, 2.24) is 0 Å². The summed E-state index contributed by atoms with van der Waals surface area (Å²) in [6.07, 6.45) is 0. The third-order valence-corrected chi connectivity index (χ3v) is 3.27. The zero-order chi connectivity index (χ0) is 15.4. The molecule has 0 heterocycles. The molecule has 4 nitrogen and oxygen atoms in total. The largest absolute Gasteiger partial charge is 0.494 e. The highest BCUT2D eigenvalue weighted by atomic mass is 35.5. The predicted octanol–water partition coefficient (Wildman–Crippen LogP) is 3.20. The van der Waals surface area contributed by atoms with E-state index < -0.39 is 11.7 Å². The molecule has 21 heavy (non-hydrogen) atoms. The summed E-state index contributed by atoms with van der Waals surface area (Å²) in [5.74, 6) is -0.828. The van der Waals surface area contributed by atoms with Crippen LogP contribution in [-0.4, -0.2) is 13.0 Å². The second-order valence-electron chi connectivity index (χ2n) is 4.38. The minimum absolute atomic E-state index is 0.196. The van der Waals surface area contributed by atoms with Gasteiger partial charge in [0, 0.05) is 12.2 Å². The molecule has 0 aliphatic rings. The first-order valence-corrected chi connectivity index (χ1v) is 6.54. The van der Waals surface area contributed by atoms with E-state index in [1.807, 2.05) is 0 Å². The van der Waals surface area contributed by atoms with Crippen molar-refractivity contribution in [2.75, 3.05) is 12.4 Å². The van der Waals surface area contributed by atoms with Crippen LogP contribution >= 0.6 is 11.6 Å². The van der Waals surface area contributed by atoms with Crippen LogP contribution in [0.2, 0.25) is 5.02 Å². The molecule has 110 valence electrons. The maximum atomic E-state index is 13.6. The van der Waals surface area contributed by atoms with E-state index in [1.165, 1.54) is 13.2 Å². The first kappa shape index (κ1) is 15.1. The van der Waals surface area contributed by atoms with Gasteiger partial charge in [-0.05, 0) is 35.9 Å². The number of carbonyl (C=O) groups is 1. The number of carbonyl (C=O) groups excluding carboxylic acids is 1. The highest BCUT2D eigenvalue weighted by Gasteiger charge is 2.08. The Labute approximate surface area is 126 Å². The Morgan fingerprint density at radius 2 is 2.10 bits per heavy atom. The van der Waals surface area contributed by atoms with E-state index >= 15 is 0 Å². The van der Waals surface area contributed by atoms with Gasteiger partial charge in [-0.1, -0.05) is 17.7 Å². The Hall–Kier alpha value is -2.27. The molecule has 2 aromatic carbocycles. The molecule has 0 spiro atoms. The zero-order valence-corrected chi connectivity index (χ0v) is 12.1. The number of nitrogens with two attached hydrogens (primary N) is 1. The molecule has 0 saturated carbocycles. The van der Waals surface area contributed by atoms with Crippen molar-refractivity contribution in [3.63, 3.8) is 0 Å². The molecule has 0 radical (unpaired) electrons. The van der Waals surface area contributed by atoms with Crippen LogP contribution in [0.4, 0.5) is 10.1 Å². The number of nitrogens with one attached hydrogen (secondary N) is 1. The van der Waals surface area contributed by atoms with Crippen molar-refractivity contribution in [3.05, 3.63) is 58.4 Å². The van der Waals surface area contributed by atoms with E-state index in [0.29, 0.717) is 17.3 Å². The normalized spacial score (nSPS) is 10.2. The summed E-state index contributed by atoms with van der Waals surface area (Å²) < 4.78 is 18.4. The van der Waals surface area contributed by atoms with Crippen LogP contribution in [0.25, 0.3) is 0 Å². The Morgan fingerprint density at radius 1 is 1.33 bits per heavy atom. The highest BCUT2D eigenvalue weighted by Crippen LogP contribution is 2.22. The van der Waals surface area contributed by atoms with E-state index in [4.69, 9.17) is 22.1 Å². The molecule has 0 aliphatic heterocycles. The maximum absolute atomic E-state index is 13.6. The molecule has 0 fully saturated rings. The summed E-state index contributed by atoms with van der Waals surface area (Å²) in [4.78, 5) is 11.2. The molecule has 0 atom stereocenters. The molecular weight excluding hydrogens is 295 g/mol. The zero-order valence-electron chi connectivity index (χ0n) is 11.3. The van der Waals surface area contributed by atoms with Gasteiger partial charge in [-0.2, -0.15) is 0 Å². The third-order valence-electron chi connectivity index (χ3n) is 2.94. The summed E-state index contributed by atoms with van der Waals surface area (Å²) in [5.41, 5.74) is 6.88. The fourth-order valence-corrected chi connectivity index (χ4v) is 2.06. The van der Waals surface area contributed by atoms with Crippen LogP contribution in [0, 0.1) is 5.82 Å². The van der Waals surface area contributed by atoms with Gasteiger partial charge in [0.05, 0.1) is 17.7 Å². The molecule has 0 aliphatic carbocycles. The van der Waals surface area contributed by atoms with E-state index in [2.05, 4.69) is 5.32 Å². The SMILES string of the molecule is COc1ccc(CNc2ccc(Cl)c(C(N)=O)c2)cc1F. The van der Waals surface area contributed by atoms with Crippen LogP contribution < -0.4 is 15.8 Å². The summed E-state index contributed by atoms with van der Waals surface area (Å²) in [7, 11) is 1.41. The van der Waals surface area contributed by atoms with Gasteiger partial charge in [-0.15, -0.1) is 0 Å². The van der Waals surface area contributed by atoms with Gasteiger partial charge >= 0.3 is 0 Å². The molecule has 3 N–H and O–H groups in total. The first-order valence-electron chi connectivity index (χ1n) is 6.17. The molecule has 6 heteroatoms.